The first-order chi connectivity index (χ1) is 12.0. The molecule has 3 heterocycles. The van der Waals surface area contributed by atoms with Crippen molar-refractivity contribution >= 4 is 22.9 Å². The van der Waals surface area contributed by atoms with E-state index in [4.69, 9.17) is 0 Å². The maximum absolute atomic E-state index is 9.92. The van der Waals surface area contributed by atoms with E-state index in [0.717, 1.165) is 23.3 Å². The third-order valence-electron chi connectivity index (χ3n) is 3.67. The van der Waals surface area contributed by atoms with Gasteiger partial charge in [0.1, 0.15) is 0 Å². The second kappa shape index (κ2) is 7.02. The Labute approximate surface area is 146 Å². The average Bonchev–Trinajstić information content (AvgIpc) is 3.01. The highest BCUT2D eigenvalue weighted by Crippen LogP contribution is 2.21. The van der Waals surface area contributed by atoms with Gasteiger partial charge in [0.15, 0.2) is 17.0 Å². The number of nitrogens with zero attached hydrogens (tertiary/aromatic N) is 5. The van der Waals surface area contributed by atoms with Gasteiger partial charge in [-0.25, -0.2) is 4.98 Å². The van der Waals surface area contributed by atoms with E-state index in [-0.39, 0.29) is 0 Å². The Morgan fingerprint density at radius 1 is 1.24 bits per heavy atom. The fraction of sp³-hybridized carbons (Fsp3) is 0.412. The molecule has 0 spiro atoms. The van der Waals surface area contributed by atoms with Crippen LogP contribution in [0, 0.1) is 0 Å². The summed E-state index contributed by atoms with van der Waals surface area (Å²) in [5.41, 5.74) is 1.67. The lowest BCUT2D eigenvalue weighted by Crippen LogP contribution is -2.30. The van der Waals surface area contributed by atoms with Crippen LogP contribution in [0.3, 0.4) is 0 Å². The summed E-state index contributed by atoms with van der Waals surface area (Å²) in [6.07, 6.45) is 5.31. The van der Waals surface area contributed by atoms with Gasteiger partial charge in [0.05, 0.1) is 11.9 Å². The van der Waals surface area contributed by atoms with Crippen LogP contribution in [-0.4, -0.2) is 41.8 Å². The highest BCUT2D eigenvalue weighted by atomic mass is 16.3. The molecule has 3 rings (SSSR count). The summed E-state index contributed by atoms with van der Waals surface area (Å²) < 4.78 is 1.96. The number of aliphatic hydroxyl groups is 1. The number of rotatable bonds is 7. The van der Waals surface area contributed by atoms with Crippen LogP contribution < -0.4 is 10.6 Å². The Kier molecular flexibility index (Phi) is 4.80. The van der Waals surface area contributed by atoms with Crippen LogP contribution in [0.5, 0.6) is 0 Å². The van der Waals surface area contributed by atoms with Gasteiger partial charge >= 0.3 is 0 Å². The summed E-state index contributed by atoms with van der Waals surface area (Å²) in [6, 6.07) is 3.89. The van der Waals surface area contributed by atoms with E-state index in [9.17, 15) is 5.11 Å². The Morgan fingerprint density at radius 2 is 2.08 bits per heavy atom. The molecule has 3 aromatic rings. The molecule has 0 radical (unpaired) electrons. The van der Waals surface area contributed by atoms with Gasteiger partial charge in [-0.1, -0.05) is 6.07 Å². The van der Waals surface area contributed by atoms with Gasteiger partial charge in [-0.05, 0) is 32.4 Å². The predicted molar refractivity (Wildman–Crippen MR) is 97.3 cm³/mol. The molecule has 8 nitrogen and oxygen atoms in total. The van der Waals surface area contributed by atoms with E-state index >= 15 is 0 Å². The van der Waals surface area contributed by atoms with Gasteiger partial charge < -0.3 is 20.3 Å². The summed E-state index contributed by atoms with van der Waals surface area (Å²) in [7, 11) is 0. The maximum atomic E-state index is 9.92. The van der Waals surface area contributed by atoms with Crippen molar-refractivity contribution in [3.63, 3.8) is 0 Å². The molecular weight excluding hydrogens is 318 g/mol. The third-order valence-corrected chi connectivity index (χ3v) is 3.67. The molecule has 3 aromatic heterocycles. The Hall–Kier alpha value is -2.74. The van der Waals surface area contributed by atoms with Gasteiger partial charge in [0.25, 0.3) is 0 Å². The van der Waals surface area contributed by atoms with Gasteiger partial charge in [-0.2, -0.15) is 9.97 Å². The monoisotopic (exact) mass is 341 g/mol. The predicted octanol–water partition coefficient (Wildman–Crippen LogP) is 2.04. The normalized spacial score (nSPS) is 11.7. The van der Waals surface area contributed by atoms with Crippen molar-refractivity contribution in [1.82, 2.24) is 24.5 Å². The molecule has 0 aliphatic rings. The maximum Gasteiger partial charge on any atom is 0.226 e. The third kappa shape index (κ3) is 4.21. The molecule has 0 aromatic carbocycles. The zero-order valence-corrected chi connectivity index (χ0v) is 14.7. The van der Waals surface area contributed by atoms with Crippen molar-refractivity contribution in [2.24, 2.45) is 0 Å². The fourth-order valence-electron chi connectivity index (χ4n) is 2.36. The topological polar surface area (TPSA) is 101 Å². The summed E-state index contributed by atoms with van der Waals surface area (Å²) in [5.74, 6) is 1.11. The Bertz CT molecular complexity index is 839. The first kappa shape index (κ1) is 17.1. The van der Waals surface area contributed by atoms with E-state index in [1.165, 1.54) is 0 Å². The van der Waals surface area contributed by atoms with Crippen molar-refractivity contribution in [3.8, 4) is 0 Å². The molecule has 0 unspecified atom stereocenters. The number of nitrogens with one attached hydrogen (secondary N) is 2. The number of hydrogen-bond acceptors (Lipinski definition) is 7. The van der Waals surface area contributed by atoms with Gasteiger partial charge in [0.2, 0.25) is 5.95 Å². The van der Waals surface area contributed by atoms with Crippen LogP contribution in [0.25, 0.3) is 11.2 Å². The minimum Gasteiger partial charge on any atom is -0.389 e. The lowest BCUT2D eigenvalue weighted by molar-refractivity contribution is 0.0943. The second-order valence-corrected chi connectivity index (χ2v) is 6.48. The van der Waals surface area contributed by atoms with Crippen molar-refractivity contribution in [2.45, 2.75) is 39.5 Å². The SMILES string of the molecule is CCn1cnc2c(NCc3cccnc3)nc(NCC(C)(C)O)nc21. The summed E-state index contributed by atoms with van der Waals surface area (Å²) in [6.45, 7) is 7.20. The number of aromatic nitrogens is 5. The van der Waals surface area contributed by atoms with E-state index in [1.54, 1.807) is 26.4 Å². The van der Waals surface area contributed by atoms with Crippen LogP contribution in [0.4, 0.5) is 11.8 Å². The first-order valence-electron chi connectivity index (χ1n) is 8.28. The van der Waals surface area contributed by atoms with Gasteiger partial charge in [-0.15, -0.1) is 0 Å². The van der Waals surface area contributed by atoms with E-state index in [0.29, 0.717) is 24.9 Å². The molecule has 0 aliphatic carbocycles. The number of pyridine rings is 1. The molecular formula is C17H23N7O. The molecule has 0 saturated carbocycles. The molecule has 3 N–H and O–H groups in total. The fourth-order valence-corrected chi connectivity index (χ4v) is 2.36. The van der Waals surface area contributed by atoms with Gasteiger partial charge in [-0.3, -0.25) is 4.98 Å². The second-order valence-electron chi connectivity index (χ2n) is 6.48. The van der Waals surface area contributed by atoms with Crippen LogP contribution in [0.15, 0.2) is 30.9 Å². The quantitative estimate of drug-likeness (QED) is 0.604. The minimum atomic E-state index is -0.855. The number of hydrogen-bond donors (Lipinski definition) is 3. The molecule has 0 atom stereocenters. The zero-order valence-electron chi connectivity index (χ0n) is 14.7. The van der Waals surface area contributed by atoms with Crippen LogP contribution in [0.2, 0.25) is 0 Å². The van der Waals surface area contributed by atoms with E-state index in [1.807, 2.05) is 29.8 Å². The van der Waals surface area contributed by atoms with Crippen molar-refractivity contribution < 1.29 is 5.11 Å². The molecule has 25 heavy (non-hydrogen) atoms. The molecule has 8 heteroatoms. The van der Waals surface area contributed by atoms with E-state index < -0.39 is 5.60 Å². The largest absolute Gasteiger partial charge is 0.389 e. The number of fused-ring (bicyclic) bond motifs is 1. The van der Waals surface area contributed by atoms with Crippen molar-refractivity contribution in [3.05, 3.63) is 36.4 Å². The van der Waals surface area contributed by atoms with Gasteiger partial charge in [0, 0.05) is 32.0 Å². The van der Waals surface area contributed by atoms with Crippen LogP contribution in [0.1, 0.15) is 26.3 Å². The van der Waals surface area contributed by atoms with Crippen LogP contribution in [-0.2, 0) is 13.1 Å². The summed E-state index contributed by atoms with van der Waals surface area (Å²) in [4.78, 5) is 17.6. The zero-order chi connectivity index (χ0) is 17.9. The molecule has 132 valence electrons. The summed E-state index contributed by atoms with van der Waals surface area (Å²) in [5, 5.41) is 16.3. The molecule has 0 bridgehead atoms. The minimum absolute atomic E-state index is 0.348. The summed E-state index contributed by atoms with van der Waals surface area (Å²) >= 11 is 0. The van der Waals surface area contributed by atoms with Crippen molar-refractivity contribution in [2.75, 3.05) is 17.2 Å². The highest BCUT2D eigenvalue weighted by molar-refractivity contribution is 5.84. The number of imidazole rings is 1. The highest BCUT2D eigenvalue weighted by Gasteiger charge is 2.16. The van der Waals surface area contributed by atoms with Crippen molar-refractivity contribution in [1.29, 1.82) is 0 Å². The Morgan fingerprint density at radius 3 is 2.76 bits per heavy atom. The number of anilines is 2. The lowest BCUT2D eigenvalue weighted by Gasteiger charge is -2.18. The van der Waals surface area contributed by atoms with Crippen LogP contribution >= 0.6 is 0 Å². The first-order valence-corrected chi connectivity index (χ1v) is 8.28. The molecule has 0 amide bonds. The lowest BCUT2D eigenvalue weighted by atomic mass is 10.1. The smallest absolute Gasteiger partial charge is 0.226 e. The number of aryl methyl sites for hydroxylation is 1. The standard InChI is InChI=1S/C17H23N7O/c1-4-24-11-21-13-14(19-9-12-6-5-7-18-8-12)22-16(23-15(13)24)20-10-17(2,3)25/h5-8,11,25H,4,9-10H2,1-3H3,(H2,19,20,22,23). The molecule has 0 fully saturated rings. The average molecular weight is 341 g/mol. The molecule has 0 saturated heterocycles. The van der Waals surface area contributed by atoms with E-state index in [2.05, 4.69) is 30.6 Å². The molecule has 0 aliphatic heterocycles. The Balaban J connectivity index is 1.90.